The van der Waals surface area contributed by atoms with Gasteiger partial charge in [0.05, 0.1) is 18.1 Å². The topological polar surface area (TPSA) is 29.5 Å². The average molecular weight is 271 g/mol. The number of hydrogen-bond donors (Lipinski definition) is 0. The van der Waals surface area contributed by atoms with Gasteiger partial charge in [0.15, 0.2) is 0 Å². The second kappa shape index (κ2) is 4.88. The maximum absolute atomic E-state index is 12.9. The third-order valence-electron chi connectivity index (χ3n) is 4.89. The van der Waals surface area contributed by atoms with E-state index >= 15 is 0 Å². The third-order valence-corrected chi connectivity index (χ3v) is 4.89. The van der Waals surface area contributed by atoms with Crippen molar-refractivity contribution in [1.29, 1.82) is 0 Å². The summed E-state index contributed by atoms with van der Waals surface area (Å²) in [6.45, 7) is 0.886. The highest BCUT2D eigenvalue weighted by molar-refractivity contribution is 5.95. The minimum Gasteiger partial charge on any atom is -0.374 e. The first-order valence-electron chi connectivity index (χ1n) is 7.83. The van der Waals surface area contributed by atoms with Crippen molar-refractivity contribution >= 4 is 11.6 Å². The molecular formula is C17H21NO2. The number of fused-ring (bicyclic) bond motifs is 2. The SMILES string of the molecule is O=C(C1CC2CCC1O2)N(CC1CC1)c1ccccc1. The zero-order chi connectivity index (χ0) is 13.5. The van der Waals surface area contributed by atoms with Gasteiger partial charge < -0.3 is 9.64 Å². The largest absolute Gasteiger partial charge is 0.374 e. The zero-order valence-corrected chi connectivity index (χ0v) is 11.7. The molecule has 20 heavy (non-hydrogen) atoms. The quantitative estimate of drug-likeness (QED) is 0.842. The van der Waals surface area contributed by atoms with E-state index in [1.54, 1.807) is 0 Å². The molecule has 1 amide bonds. The fraction of sp³-hybridized carbons (Fsp3) is 0.588. The van der Waals surface area contributed by atoms with Gasteiger partial charge in [-0.2, -0.15) is 0 Å². The van der Waals surface area contributed by atoms with Crippen LogP contribution in [0.1, 0.15) is 32.1 Å². The molecule has 1 aromatic carbocycles. The average Bonchev–Trinajstić information content (AvgIpc) is 3.06. The Morgan fingerprint density at radius 3 is 2.55 bits per heavy atom. The summed E-state index contributed by atoms with van der Waals surface area (Å²) < 4.78 is 5.87. The minimum atomic E-state index is 0.0905. The number of nitrogens with zero attached hydrogens (tertiary/aromatic N) is 1. The summed E-state index contributed by atoms with van der Waals surface area (Å²) in [4.78, 5) is 15.0. The summed E-state index contributed by atoms with van der Waals surface area (Å²) in [6, 6.07) is 10.1. The van der Waals surface area contributed by atoms with E-state index in [1.165, 1.54) is 12.8 Å². The standard InChI is InChI=1S/C17H21NO2/c19-17(15-10-14-8-9-16(15)20-14)18(11-12-6-7-12)13-4-2-1-3-5-13/h1-5,12,14-16H,6-11H2. The lowest BCUT2D eigenvalue weighted by molar-refractivity contribution is -0.123. The van der Waals surface area contributed by atoms with Crippen molar-refractivity contribution < 1.29 is 9.53 Å². The molecule has 106 valence electrons. The third kappa shape index (κ3) is 2.24. The molecule has 3 unspecified atom stereocenters. The van der Waals surface area contributed by atoms with Gasteiger partial charge in [-0.1, -0.05) is 18.2 Å². The molecule has 3 aliphatic rings. The van der Waals surface area contributed by atoms with Crippen LogP contribution in [0.5, 0.6) is 0 Å². The van der Waals surface area contributed by atoms with E-state index in [9.17, 15) is 4.79 Å². The van der Waals surface area contributed by atoms with Gasteiger partial charge in [0, 0.05) is 12.2 Å². The van der Waals surface area contributed by atoms with Crippen LogP contribution in [0.2, 0.25) is 0 Å². The molecule has 4 rings (SSSR count). The maximum Gasteiger partial charge on any atom is 0.232 e. The molecule has 1 saturated carbocycles. The molecule has 1 aromatic rings. The van der Waals surface area contributed by atoms with Crippen molar-refractivity contribution in [2.75, 3.05) is 11.4 Å². The van der Waals surface area contributed by atoms with Crippen LogP contribution < -0.4 is 4.90 Å². The predicted molar refractivity (Wildman–Crippen MR) is 77.5 cm³/mol. The van der Waals surface area contributed by atoms with Crippen molar-refractivity contribution in [3.8, 4) is 0 Å². The van der Waals surface area contributed by atoms with Crippen LogP contribution in [0, 0.1) is 11.8 Å². The number of rotatable bonds is 4. The molecule has 2 saturated heterocycles. The van der Waals surface area contributed by atoms with Crippen molar-refractivity contribution in [2.45, 2.75) is 44.3 Å². The molecule has 0 N–H and O–H groups in total. The molecule has 3 fully saturated rings. The van der Waals surface area contributed by atoms with Gasteiger partial charge >= 0.3 is 0 Å². The van der Waals surface area contributed by atoms with Crippen LogP contribution in [0.15, 0.2) is 30.3 Å². The first kappa shape index (κ1) is 12.4. The fourth-order valence-electron chi connectivity index (χ4n) is 3.59. The Balaban J connectivity index is 1.56. The fourth-order valence-corrected chi connectivity index (χ4v) is 3.59. The number of ether oxygens (including phenoxy) is 1. The van der Waals surface area contributed by atoms with Crippen LogP contribution in [0.4, 0.5) is 5.69 Å². The smallest absolute Gasteiger partial charge is 0.232 e. The van der Waals surface area contributed by atoms with E-state index in [2.05, 4.69) is 0 Å². The molecule has 3 heteroatoms. The van der Waals surface area contributed by atoms with Crippen LogP contribution in [0.25, 0.3) is 0 Å². The maximum atomic E-state index is 12.9. The van der Waals surface area contributed by atoms with Gasteiger partial charge in [-0.05, 0) is 50.2 Å². The highest BCUT2D eigenvalue weighted by atomic mass is 16.5. The highest BCUT2D eigenvalue weighted by Crippen LogP contribution is 2.41. The van der Waals surface area contributed by atoms with Crippen molar-refractivity contribution in [3.63, 3.8) is 0 Å². The molecule has 3 atom stereocenters. The van der Waals surface area contributed by atoms with E-state index in [4.69, 9.17) is 4.74 Å². The van der Waals surface area contributed by atoms with E-state index in [1.807, 2.05) is 35.2 Å². The molecule has 0 radical (unpaired) electrons. The summed E-state index contributed by atoms with van der Waals surface area (Å²) in [5.41, 5.74) is 1.05. The Labute approximate surface area is 119 Å². The summed E-state index contributed by atoms with van der Waals surface area (Å²) in [5.74, 6) is 1.08. The Bertz CT molecular complexity index is 497. The molecule has 1 aliphatic carbocycles. The lowest BCUT2D eigenvalue weighted by Gasteiger charge is -2.28. The number of para-hydroxylation sites is 1. The Morgan fingerprint density at radius 2 is 1.95 bits per heavy atom. The Kier molecular flexibility index (Phi) is 3.03. The van der Waals surface area contributed by atoms with E-state index in [-0.39, 0.29) is 17.9 Å². The highest BCUT2D eigenvalue weighted by Gasteiger charge is 2.46. The van der Waals surface area contributed by atoms with Gasteiger partial charge in [0.2, 0.25) is 5.91 Å². The van der Waals surface area contributed by atoms with Crippen LogP contribution in [-0.4, -0.2) is 24.7 Å². The van der Waals surface area contributed by atoms with Gasteiger partial charge in [-0.25, -0.2) is 0 Å². The number of carbonyl (C=O) groups excluding carboxylic acids is 1. The van der Waals surface area contributed by atoms with Crippen molar-refractivity contribution in [3.05, 3.63) is 30.3 Å². The van der Waals surface area contributed by atoms with Gasteiger partial charge in [0.25, 0.3) is 0 Å². The molecule has 0 spiro atoms. The molecule has 0 aromatic heterocycles. The molecule has 2 bridgehead atoms. The molecular weight excluding hydrogens is 250 g/mol. The molecule has 2 aliphatic heterocycles. The monoisotopic (exact) mass is 271 g/mol. The van der Waals surface area contributed by atoms with E-state index < -0.39 is 0 Å². The Hall–Kier alpha value is -1.35. The summed E-state index contributed by atoms with van der Waals surface area (Å²) in [6.07, 6.45) is 6.19. The van der Waals surface area contributed by atoms with Crippen LogP contribution >= 0.6 is 0 Å². The first-order valence-corrected chi connectivity index (χ1v) is 7.83. The second-order valence-corrected chi connectivity index (χ2v) is 6.44. The number of anilines is 1. The van der Waals surface area contributed by atoms with Crippen LogP contribution in [-0.2, 0) is 9.53 Å². The lowest BCUT2D eigenvalue weighted by atomic mass is 9.88. The zero-order valence-electron chi connectivity index (χ0n) is 11.7. The molecule has 2 heterocycles. The number of amides is 1. The number of carbonyl (C=O) groups is 1. The second-order valence-electron chi connectivity index (χ2n) is 6.44. The van der Waals surface area contributed by atoms with Gasteiger partial charge in [-0.3, -0.25) is 4.79 Å². The first-order chi connectivity index (χ1) is 9.81. The van der Waals surface area contributed by atoms with Crippen molar-refractivity contribution in [1.82, 2.24) is 0 Å². The Morgan fingerprint density at radius 1 is 1.15 bits per heavy atom. The van der Waals surface area contributed by atoms with Gasteiger partial charge in [0.1, 0.15) is 0 Å². The summed E-state index contributed by atoms with van der Waals surface area (Å²) in [5, 5.41) is 0. The van der Waals surface area contributed by atoms with E-state index in [0.717, 1.165) is 31.5 Å². The van der Waals surface area contributed by atoms with E-state index in [0.29, 0.717) is 12.0 Å². The van der Waals surface area contributed by atoms with Gasteiger partial charge in [-0.15, -0.1) is 0 Å². The van der Waals surface area contributed by atoms with Crippen LogP contribution in [0.3, 0.4) is 0 Å². The summed E-state index contributed by atoms with van der Waals surface area (Å²) >= 11 is 0. The molecule has 3 nitrogen and oxygen atoms in total. The predicted octanol–water partition coefficient (Wildman–Crippen LogP) is 3.00. The number of hydrogen-bond acceptors (Lipinski definition) is 2. The minimum absolute atomic E-state index is 0.0905. The number of benzene rings is 1. The normalized spacial score (nSPS) is 31.5. The summed E-state index contributed by atoms with van der Waals surface area (Å²) in [7, 11) is 0. The lowest BCUT2D eigenvalue weighted by Crippen LogP contribution is -2.41. The van der Waals surface area contributed by atoms with Crippen molar-refractivity contribution in [2.24, 2.45) is 11.8 Å².